The quantitative estimate of drug-likeness (QED) is 0.179. The minimum Gasteiger partial charge on any atom is -0.492 e. The summed E-state index contributed by atoms with van der Waals surface area (Å²) < 4.78 is 7.43. The summed E-state index contributed by atoms with van der Waals surface area (Å²) in [7, 11) is 0. The van der Waals surface area contributed by atoms with E-state index >= 15 is 0 Å². The topological polar surface area (TPSA) is 15.7 Å². The summed E-state index contributed by atoms with van der Waals surface area (Å²) in [6.45, 7) is 8.00. The molecule has 0 radical (unpaired) electrons. The minimum atomic E-state index is 0.764. The molecule has 0 aliphatic carbocycles. The molecule has 2 aliphatic heterocycles. The number of benzene rings is 3. The highest BCUT2D eigenvalue weighted by atomic mass is 32.2. The Morgan fingerprint density at radius 2 is 1.42 bits per heavy atom. The van der Waals surface area contributed by atoms with Crippen LogP contribution in [0, 0.1) is 0 Å². The van der Waals surface area contributed by atoms with Gasteiger partial charge in [-0.2, -0.15) is 0 Å². The summed E-state index contributed by atoms with van der Waals surface area (Å²) in [6.07, 6.45) is 6.35. The van der Waals surface area contributed by atoms with Crippen LogP contribution in [0.15, 0.2) is 77.7 Å². The number of hydrogen-bond donors (Lipinski definition) is 0. The van der Waals surface area contributed by atoms with Crippen molar-refractivity contribution in [2.24, 2.45) is 0 Å². The van der Waals surface area contributed by atoms with E-state index in [-0.39, 0.29) is 0 Å². The molecule has 4 aromatic rings. The Balaban J connectivity index is 1.13. The first-order chi connectivity index (χ1) is 18.8. The summed E-state index contributed by atoms with van der Waals surface area (Å²) in [4.78, 5) is 7.85. The van der Waals surface area contributed by atoms with E-state index < -0.39 is 0 Å². The first-order valence-corrected chi connectivity index (χ1v) is 16.0. The predicted octanol–water partition coefficient (Wildman–Crippen LogP) is 7.82. The normalized spacial score (nSPS) is 16.5. The number of hydrogen-bond acceptors (Lipinski definition) is 5. The molecule has 0 bridgehead atoms. The molecule has 3 nitrogen and oxygen atoms in total. The molecule has 0 unspecified atom stereocenters. The monoisotopic (exact) mass is 542 g/mol. The summed E-state index contributed by atoms with van der Waals surface area (Å²) >= 11 is 3.89. The van der Waals surface area contributed by atoms with Crippen LogP contribution in [0.3, 0.4) is 0 Å². The highest BCUT2D eigenvalue weighted by Crippen LogP contribution is 2.40. The van der Waals surface area contributed by atoms with Gasteiger partial charge >= 0.3 is 0 Å². The lowest BCUT2D eigenvalue weighted by atomic mass is 9.99. The van der Waals surface area contributed by atoms with Gasteiger partial charge in [-0.05, 0) is 123 Å². The maximum Gasteiger partial charge on any atom is 0.119 e. The van der Waals surface area contributed by atoms with E-state index in [4.69, 9.17) is 4.74 Å². The standard InChI is InChI=1S/C33H38N2OS2/c1-2-8-32-30(7-1)31(25-26-9-15-29(16-10-26)37-24-22-35-19-5-6-20-35)33(38-32)27-11-13-28(14-12-27)36-23-21-34-17-3-4-18-34/h1-2,7-16H,3-6,17-25H2. The Morgan fingerprint density at radius 3 is 2.16 bits per heavy atom. The molecular weight excluding hydrogens is 505 g/mol. The van der Waals surface area contributed by atoms with Crippen LogP contribution in [0.5, 0.6) is 5.75 Å². The molecule has 1 aromatic heterocycles. The van der Waals surface area contributed by atoms with Crippen molar-refractivity contribution in [2.75, 3.05) is 51.6 Å². The van der Waals surface area contributed by atoms with E-state index in [1.54, 1.807) is 0 Å². The van der Waals surface area contributed by atoms with E-state index in [2.05, 4.69) is 82.6 Å². The van der Waals surface area contributed by atoms with Gasteiger partial charge in [0, 0.05) is 33.3 Å². The van der Waals surface area contributed by atoms with Crippen LogP contribution >= 0.6 is 23.1 Å². The maximum atomic E-state index is 6.07. The molecule has 6 rings (SSSR count). The molecule has 5 heteroatoms. The van der Waals surface area contributed by atoms with Gasteiger partial charge < -0.3 is 9.64 Å². The Bertz CT molecular complexity index is 1300. The summed E-state index contributed by atoms with van der Waals surface area (Å²) in [5, 5.41) is 1.38. The first-order valence-electron chi connectivity index (χ1n) is 14.2. The average Bonchev–Trinajstić information content (AvgIpc) is 3.73. The SMILES string of the molecule is c1ccc2c(Cc3ccc(SCCN4CCCC4)cc3)c(-c3ccc(OCCN4CCCC4)cc3)sc2c1. The van der Waals surface area contributed by atoms with Gasteiger partial charge in [0.1, 0.15) is 12.4 Å². The molecule has 3 heterocycles. The third-order valence-corrected chi connectivity index (χ3v) is 10.1. The van der Waals surface area contributed by atoms with Crippen molar-refractivity contribution < 1.29 is 4.74 Å². The largest absolute Gasteiger partial charge is 0.492 e. The number of thioether (sulfide) groups is 1. The number of fused-ring (bicyclic) bond motifs is 1. The smallest absolute Gasteiger partial charge is 0.119 e. The Morgan fingerprint density at radius 1 is 0.737 bits per heavy atom. The lowest BCUT2D eigenvalue weighted by Crippen LogP contribution is -2.25. The fraction of sp³-hybridized carbons (Fsp3) is 0.394. The molecule has 198 valence electrons. The zero-order valence-corrected chi connectivity index (χ0v) is 23.9. The van der Waals surface area contributed by atoms with Gasteiger partial charge in [-0.25, -0.2) is 0 Å². The number of likely N-dealkylation sites (tertiary alicyclic amines) is 2. The predicted molar refractivity (Wildman–Crippen MR) is 164 cm³/mol. The summed E-state index contributed by atoms with van der Waals surface area (Å²) in [6, 6.07) is 26.9. The van der Waals surface area contributed by atoms with Crippen molar-refractivity contribution in [1.82, 2.24) is 9.80 Å². The van der Waals surface area contributed by atoms with Gasteiger partial charge in [0.05, 0.1) is 0 Å². The molecule has 0 saturated carbocycles. The van der Waals surface area contributed by atoms with Gasteiger partial charge in [0.2, 0.25) is 0 Å². The van der Waals surface area contributed by atoms with Crippen molar-refractivity contribution in [3.8, 4) is 16.2 Å². The summed E-state index contributed by atoms with van der Waals surface area (Å²) in [5.74, 6) is 2.14. The zero-order chi connectivity index (χ0) is 25.6. The number of rotatable bonds is 11. The molecule has 2 aliphatic rings. The van der Waals surface area contributed by atoms with Crippen molar-refractivity contribution >= 4 is 33.2 Å². The molecule has 0 spiro atoms. The van der Waals surface area contributed by atoms with E-state index in [1.165, 1.54) is 101 Å². The van der Waals surface area contributed by atoms with Gasteiger partial charge in [-0.15, -0.1) is 23.1 Å². The van der Waals surface area contributed by atoms with Crippen LogP contribution in [0.25, 0.3) is 20.5 Å². The minimum absolute atomic E-state index is 0.764. The zero-order valence-electron chi connectivity index (χ0n) is 22.2. The third-order valence-electron chi connectivity index (χ3n) is 7.87. The molecular formula is C33H38N2OS2. The summed E-state index contributed by atoms with van der Waals surface area (Å²) in [5.41, 5.74) is 4.09. The van der Waals surface area contributed by atoms with Gasteiger partial charge in [0.25, 0.3) is 0 Å². The third kappa shape index (κ3) is 6.45. The molecule has 0 N–H and O–H groups in total. The molecule has 0 amide bonds. The fourth-order valence-corrected chi connectivity index (χ4v) is 7.86. The molecule has 2 saturated heterocycles. The van der Waals surface area contributed by atoms with E-state index in [1.807, 2.05) is 23.1 Å². The Labute approximate surface area is 235 Å². The van der Waals surface area contributed by atoms with Gasteiger partial charge in [0.15, 0.2) is 0 Å². The van der Waals surface area contributed by atoms with Crippen LogP contribution in [-0.4, -0.2) is 61.4 Å². The van der Waals surface area contributed by atoms with Crippen LogP contribution in [-0.2, 0) is 6.42 Å². The lowest BCUT2D eigenvalue weighted by molar-refractivity contribution is 0.238. The number of nitrogens with zero attached hydrogens (tertiary/aromatic N) is 2. The van der Waals surface area contributed by atoms with Crippen molar-refractivity contribution in [1.29, 1.82) is 0 Å². The van der Waals surface area contributed by atoms with Gasteiger partial charge in [-0.1, -0.05) is 30.3 Å². The number of ether oxygens (including phenoxy) is 1. The Hall–Kier alpha value is -2.31. The van der Waals surface area contributed by atoms with Crippen LogP contribution in [0.4, 0.5) is 0 Å². The molecule has 0 atom stereocenters. The van der Waals surface area contributed by atoms with E-state index in [0.29, 0.717) is 0 Å². The van der Waals surface area contributed by atoms with E-state index in [9.17, 15) is 0 Å². The average molecular weight is 543 g/mol. The molecule has 3 aromatic carbocycles. The molecule has 38 heavy (non-hydrogen) atoms. The fourth-order valence-electron chi connectivity index (χ4n) is 5.72. The second-order valence-corrected chi connectivity index (χ2v) is 12.8. The second kappa shape index (κ2) is 12.7. The van der Waals surface area contributed by atoms with Crippen molar-refractivity contribution in [2.45, 2.75) is 37.0 Å². The highest BCUT2D eigenvalue weighted by Gasteiger charge is 2.15. The second-order valence-electron chi connectivity index (χ2n) is 10.5. The molecule has 2 fully saturated rings. The van der Waals surface area contributed by atoms with Crippen LogP contribution in [0.1, 0.15) is 36.8 Å². The van der Waals surface area contributed by atoms with Crippen molar-refractivity contribution in [3.63, 3.8) is 0 Å². The lowest BCUT2D eigenvalue weighted by Gasteiger charge is -2.15. The highest BCUT2D eigenvalue weighted by molar-refractivity contribution is 7.99. The van der Waals surface area contributed by atoms with Gasteiger partial charge in [-0.3, -0.25) is 4.90 Å². The number of thiophene rings is 1. The van der Waals surface area contributed by atoms with E-state index in [0.717, 1.165) is 25.3 Å². The maximum absolute atomic E-state index is 6.07. The Kier molecular flexibility index (Phi) is 8.67. The first kappa shape index (κ1) is 25.9. The van der Waals surface area contributed by atoms with Crippen molar-refractivity contribution in [3.05, 3.63) is 83.9 Å². The van der Waals surface area contributed by atoms with Crippen LogP contribution < -0.4 is 4.74 Å². The van der Waals surface area contributed by atoms with Crippen LogP contribution in [0.2, 0.25) is 0 Å².